The number of nitrogens with zero attached hydrogens (tertiary/aromatic N) is 2. The van der Waals surface area contributed by atoms with Crippen molar-refractivity contribution in [2.75, 3.05) is 6.54 Å². The highest BCUT2D eigenvalue weighted by Crippen LogP contribution is 2.21. The van der Waals surface area contributed by atoms with Gasteiger partial charge in [-0.15, -0.1) is 0 Å². The lowest BCUT2D eigenvalue weighted by atomic mass is 10.1. The van der Waals surface area contributed by atoms with Crippen LogP contribution in [-0.4, -0.2) is 28.1 Å². The number of ether oxygens (including phenoxy) is 1. The van der Waals surface area contributed by atoms with Gasteiger partial charge in [-0.2, -0.15) is 0 Å². The van der Waals surface area contributed by atoms with Crippen LogP contribution in [0.4, 0.5) is 0 Å². The fourth-order valence-electron chi connectivity index (χ4n) is 3.13. The number of nitrogens with one attached hydrogen (secondary N) is 1. The van der Waals surface area contributed by atoms with Crippen LogP contribution in [-0.2, 0) is 29.1 Å². The predicted molar refractivity (Wildman–Crippen MR) is 99.4 cm³/mol. The Balaban J connectivity index is 1.34. The third-order valence-electron chi connectivity index (χ3n) is 4.51. The predicted octanol–water partition coefficient (Wildman–Crippen LogP) is 2.81. The normalized spacial score (nSPS) is 16.1. The third kappa shape index (κ3) is 3.83. The maximum Gasteiger partial charge on any atom is 0.224 e. The van der Waals surface area contributed by atoms with Gasteiger partial charge in [-0.3, -0.25) is 4.79 Å². The average Bonchev–Trinajstić information content (AvgIpc) is 3.11. The second-order valence-corrected chi connectivity index (χ2v) is 6.46. The summed E-state index contributed by atoms with van der Waals surface area (Å²) < 4.78 is 7.98. The number of hydrogen-bond donors (Lipinski definition) is 1. The van der Waals surface area contributed by atoms with Crippen molar-refractivity contribution in [1.29, 1.82) is 0 Å². The molecule has 0 saturated carbocycles. The molecule has 1 aromatic heterocycles. The van der Waals surface area contributed by atoms with Crippen LogP contribution in [0.2, 0.25) is 0 Å². The Bertz CT molecular complexity index is 875. The molecule has 0 bridgehead atoms. The van der Waals surface area contributed by atoms with Gasteiger partial charge in [0.15, 0.2) is 0 Å². The van der Waals surface area contributed by atoms with Crippen molar-refractivity contribution >= 4 is 5.91 Å². The SMILES string of the molecule is O=C(Cc1ccccc1)NC[C@H]1Cn2cc(-c3ccccc3)nc2CO1. The minimum atomic E-state index is -0.0416. The summed E-state index contributed by atoms with van der Waals surface area (Å²) in [4.78, 5) is 16.8. The highest BCUT2D eigenvalue weighted by atomic mass is 16.5. The van der Waals surface area contributed by atoms with Gasteiger partial charge >= 0.3 is 0 Å². The first-order valence-electron chi connectivity index (χ1n) is 8.81. The molecule has 5 heteroatoms. The maximum absolute atomic E-state index is 12.1. The molecule has 132 valence electrons. The van der Waals surface area contributed by atoms with E-state index in [9.17, 15) is 4.79 Å². The number of fused-ring (bicyclic) bond motifs is 1. The molecule has 4 rings (SSSR count). The van der Waals surface area contributed by atoms with Crippen molar-refractivity contribution in [2.24, 2.45) is 0 Å². The lowest BCUT2D eigenvalue weighted by Gasteiger charge is -2.24. The number of benzene rings is 2. The molecule has 0 unspecified atom stereocenters. The second-order valence-electron chi connectivity index (χ2n) is 6.46. The molecule has 1 aliphatic heterocycles. The van der Waals surface area contributed by atoms with Crippen LogP contribution >= 0.6 is 0 Å². The fraction of sp³-hybridized carbons (Fsp3) is 0.238. The molecule has 1 amide bonds. The Kier molecular flexibility index (Phi) is 4.80. The highest BCUT2D eigenvalue weighted by molar-refractivity contribution is 5.78. The van der Waals surface area contributed by atoms with E-state index in [0.29, 0.717) is 26.1 Å². The standard InChI is InChI=1S/C21H21N3O2/c25-21(11-16-7-3-1-4-8-16)22-12-18-13-24-14-19(23-20(24)15-26-18)17-9-5-2-6-10-17/h1-10,14,18H,11-13,15H2,(H,22,25)/t18-/m0/s1. The van der Waals surface area contributed by atoms with Crippen molar-refractivity contribution < 1.29 is 9.53 Å². The number of carbonyl (C=O) groups excluding carboxylic acids is 1. The molecular formula is C21H21N3O2. The fourth-order valence-corrected chi connectivity index (χ4v) is 3.13. The minimum absolute atomic E-state index is 0.0150. The molecule has 3 aromatic rings. The third-order valence-corrected chi connectivity index (χ3v) is 4.51. The maximum atomic E-state index is 12.1. The molecule has 1 N–H and O–H groups in total. The number of aromatic nitrogens is 2. The first-order chi connectivity index (χ1) is 12.8. The molecule has 1 aliphatic rings. The Morgan fingerprint density at radius 1 is 1.12 bits per heavy atom. The van der Waals surface area contributed by atoms with Gasteiger partial charge in [0.25, 0.3) is 0 Å². The summed E-state index contributed by atoms with van der Waals surface area (Å²) in [6.45, 7) is 1.66. The summed E-state index contributed by atoms with van der Waals surface area (Å²) in [6, 6.07) is 19.9. The Labute approximate surface area is 152 Å². The van der Waals surface area contributed by atoms with Crippen molar-refractivity contribution in [1.82, 2.24) is 14.9 Å². The minimum Gasteiger partial charge on any atom is -0.367 e. The van der Waals surface area contributed by atoms with Crippen LogP contribution < -0.4 is 5.32 Å². The molecule has 1 atom stereocenters. The Morgan fingerprint density at radius 2 is 1.85 bits per heavy atom. The lowest BCUT2D eigenvalue weighted by Crippen LogP contribution is -2.39. The van der Waals surface area contributed by atoms with Gasteiger partial charge in [-0.25, -0.2) is 4.98 Å². The number of rotatable bonds is 5. The van der Waals surface area contributed by atoms with E-state index >= 15 is 0 Å². The van der Waals surface area contributed by atoms with E-state index in [0.717, 1.165) is 22.6 Å². The zero-order chi connectivity index (χ0) is 17.8. The Hall–Kier alpha value is -2.92. The molecular weight excluding hydrogens is 326 g/mol. The first-order valence-corrected chi connectivity index (χ1v) is 8.81. The van der Waals surface area contributed by atoms with Crippen LogP contribution in [0.15, 0.2) is 66.9 Å². The summed E-state index contributed by atoms with van der Waals surface area (Å²) in [5.74, 6) is 0.942. The summed E-state index contributed by atoms with van der Waals surface area (Å²) in [5.41, 5.74) is 3.07. The van der Waals surface area contributed by atoms with E-state index in [1.807, 2.05) is 48.5 Å². The van der Waals surface area contributed by atoms with Crippen LogP contribution in [0.5, 0.6) is 0 Å². The van der Waals surface area contributed by atoms with Crippen molar-refractivity contribution in [3.8, 4) is 11.3 Å². The van der Waals surface area contributed by atoms with Crippen LogP contribution in [0, 0.1) is 0 Å². The summed E-state index contributed by atoms with van der Waals surface area (Å²) >= 11 is 0. The van der Waals surface area contributed by atoms with Crippen molar-refractivity contribution in [2.45, 2.75) is 25.7 Å². The number of hydrogen-bond acceptors (Lipinski definition) is 3. The van der Waals surface area contributed by atoms with Gasteiger partial charge in [-0.1, -0.05) is 60.7 Å². The van der Waals surface area contributed by atoms with Crippen LogP contribution in [0.3, 0.4) is 0 Å². The molecule has 2 heterocycles. The average molecular weight is 347 g/mol. The molecule has 0 fully saturated rings. The summed E-state index contributed by atoms with van der Waals surface area (Å²) in [7, 11) is 0. The van der Waals surface area contributed by atoms with E-state index in [1.54, 1.807) is 0 Å². The van der Waals surface area contributed by atoms with Gasteiger partial charge < -0.3 is 14.6 Å². The molecule has 0 spiro atoms. The van der Waals surface area contributed by atoms with Gasteiger partial charge in [-0.05, 0) is 5.56 Å². The number of imidazole rings is 1. The van der Waals surface area contributed by atoms with Crippen molar-refractivity contribution in [3.63, 3.8) is 0 Å². The smallest absolute Gasteiger partial charge is 0.224 e. The number of amides is 1. The van der Waals surface area contributed by atoms with Crippen molar-refractivity contribution in [3.05, 3.63) is 78.2 Å². The Morgan fingerprint density at radius 3 is 2.62 bits per heavy atom. The molecule has 0 radical (unpaired) electrons. The monoisotopic (exact) mass is 347 g/mol. The lowest BCUT2D eigenvalue weighted by molar-refractivity contribution is -0.121. The quantitative estimate of drug-likeness (QED) is 0.772. The zero-order valence-electron chi connectivity index (χ0n) is 14.5. The van der Waals surface area contributed by atoms with Gasteiger partial charge in [0.2, 0.25) is 5.91 Å². The summed E-state index contributed by atoms with van der Waals surface area (Å²) in [5, 5.41) is 2.97. The van der Waals surface area contributed by atoms with Crippen LogP contribution in [0.1, 0.15) is 11.4 Å². The first kappa shape index (κ1) is 16.5. The molecule has 0 saturated heterocycles. The molecule has 26 heavy (non-hydrogen) atoms. The molecule has 2 aromatic carbocycles. The van der Waals surface area contributed by atoms with E-state index in [1.165, 1.54) is 0 Å². The number of carbonyl (C=O) groups is 1. The van der Waals surface area contributed by atoms with Gasteiger partial charge in [0, 0.05) is 18.3 Å². The molecule has 5 nitrogen and oxygen atoms in total. The molecule has 0 aliphatic carbocycles. The van der Waals surface area contributed by atoms with Gasteiger partial charge in [0.1, 0.15) is 12.4 Å². The van der Waals surface area contributed by atoms with E-state index in [2.05, 4.69) is 33.2 Å². The van der Waals surface area contributed by atoms with E-state index < -0.39 is 0 Å². The topological polar surface area (TPSA) is 56.2 Å². The van der Waals surface area contributed by atoms with E-state index in [-0.39, 0.29) is 12.0 Å². The van der Waals surface area contributed by atoms with Crippen LogP contribution in [0.25, 0.3) is 11.3 Å². The highest BCUT2D eigenvalue weighted by Gasteiger charge is 2.21. The summed E-state index contributed by atoms with van der Waals surface area (Å²) in [6.07, 6.45) is 2.41. The van der Waals surface area contributed by atoms with Gasteiger partial charge in [0.05, 0.1) is 24.8 Å². The zero-order valence-corrected chi connectivity index (χ0v) is 14.5. The largest absolute Gasteiger partial charge is 0.367 e. The van der Waals surface area contributed by atoms with E-state index in [4.69, 9.17) is 4.74 Å². The second kappa shape index (κ2) is 7.54.